The number of nitrogens with zero attached hydrogens (tertiary/aromatic N) is 1. The van der Waals surface area contributed by atoms with Gasteiger partial charge < -0.3 is 11.0 Å². The van der Waals surface area contributed by atoms with Gasteiger partial charge in [-0.1, -0.05) is 13.8 Å². The first-order valence-electron chi connectivity index (χ1n) is 5.98. The van der Waals surface area contributed by atoms with Crippen LogP contribution in [0, 0.1) is 11.3 Å². The second-order valence-corrected chi connectivity index (χ2v) is 6.33. The van der Waals surface area contributed by atoms with Crippen LogP contribution in [0.3, 0.4) is 0 Å². The van der Waals surface area contributed by atoms with Gasteiger partial charge in [-0.2, -0.15) is 0 Å². The van der Waals surface area contributed by atoms with Gasteiger partial charge in [0.05, 0.1) is 6.10 Å². The minimum absolute atomic E-state index is 0.00995. The van der Waals surface area contributed by atoms with Crippen LogP contribution in [0.15, 0.2) is 11.3 Å². The molecule has 0 amide bonds. The lowest BCUT2D eigenvalue weighted by Crippen LogP contribution is -2.66. The predicted octanol–water partition coefficient (Wildman–Crippen LogP) is 2.43. The van der Waals surface area contributed by atoms with E-state index in [1.807, 2.05) is 41.8 Å². The summed E-state index contributed by atoms with van der Waals surface area (Å²) in [5.41, 5.74) is 0.887. The Balaban J connectivity index is 2.34. The molecule has 0 spiro atoms. The molecular weight excluding hydrogens is 476 g/mol. The van der Waals surface area contributed by atoms with Gasteiger partial charge in [0, 0.05) is 29.5 Å². The standard InChI is InChI=1S/C12H15I2NO4/c1-6-8(4-16)9(11(17)19-14)15-5-12(3,10(6)15)7(2)18-13/h4,6-7,10H,5H2,1-3H3/t6-,7+,10?,12+/m0/s1. The van der Waals surface area contributed by atoms with E-state index in [0.717, 1.165) is 6.29 Å². The van der Waals surface area contributed by atoms with Gasteiger partial charge in [0.2, 0.25) is 0 Å². The van der Waals surface area contributed by atoms with Crippen molar-refractivity contribution in [2.45, 2.75) is 32.9 Å². The Morgan fingerprint density at radius 3 is 2.68 bits per heavy atom. The van der Waals surface area contributed by atoms with Crippen molar-refractivity contribution in [3.63, 3.8) is 0 Å². The average Bonchev–Trinajstić information content (AvgIpc) is 2.63. The minimum atomic E-state index is -0.442. The molecule has 2 aliphatic rings. The van der Waals surface area contributed by atoms with Crippen molar-refractivity contribution in [3.8, 4) is 0 Å². The number of halogens is 2. The van der Waals surface area contributed by atoms with Crippen LogP contribution in [0.2, 0.25) is 0 Å². The zero-order chi connectivity index (χ0) is 14.4. The zero-order valence-electron chi connectivity index (χ0n) is 10.9. The maximum absolute atomic E-state index is 11.8. The van der Waals surface area contributed by atoms with E-state index in [-0.39, 0.29) is 23.5 Å². The first-order chi connectivity index (χ1) is 8.92. The molecule has 2 rings (SSSR count). The Kier molecular flexibility index (Phi) is 4.46. The van der Waals surface area contributed by atoms with Crippen LogP contribution in [0.5, 0.6) is 0 Å². The molecule has 1 fully saturated rings. The van der Waals surface area contributed by atoms with Gasteiger partial charge in [-0.3, -0.25) is 4.79 Å². The maximum atomic E-state index is 11.8. The topological polar surface area (TPSA) is 55.8 Å². The lowest BCUT2D eigenvalue weighted by atomic mass is 9.66. The Morgan fingerprint density at radius 1 is 1.58 bits per heavy atom. The summed E-state index contributed by atoms with van der Waals surface area (Å²) in [6.45, 7) is 6.83. The van der Waals surface area contributed by atoms with E-state index >= 15 is 0 Å². The molecule has 2 heterocycles. The van der Waals surface area contributed by atoms with Gasteiger partial charge in [0.1, 0.15) is 35.0 Å². The summed E-state index contributed by atoms with van der Waals surface area (Å²) >= 11 is 3.46. The summed E-state index contributed by atoms with van der Waals surface area (Å²) in [6.07, 6.45) is 0.835. The number of rotatable bonds is 4. The molecule has 0 aromatic rings. The number of carbonyl (C=O) groups excluding carboxylic acids is 2. The first kappa shape index (κ1) is 15.5. The molecule has 19 heavy (non-hydrogen) atoms. The molecule has 4 atom stereocenters. The van der Waals surface area contributed by atoms with Crippen LogP contribution in [0.1, 0.15) is 20.8 Å². The molecule has 2 aliphatic heterocycles. The van der Waals surface area contributed by atoms with E-state index < -0.39 is 5.97 Å². The lowest BCUT2D eigenvalue weighted by molar-refractivity contribution is -0.136. The summed E-state index contributed by atoms with van der Waals surface area (Å²) in [5, 5.41) is 0. The summed E-state index contributed by atoms with van der Waals surface area (Å²) in [7, 11) is 0. The molecule has 106 valence electrons. The largest absolute Gasteiger partial charge is 0.390 e. The third kappa shape index (κ3) is 2.11. The molecule has 0 aliphatic carbocycles. The predicted molar refractivity (Wildman–Crippen MR) is 85.5 cm³/mol. The SMILES string of the molecule is C[C@H]1C(C=O)=C(C(=O)OI)N2C[C@](C)([C@@H](C)OI)C12. The average molecular weight is 491 g/mol. The van der Waals surface area contributed by atoms with Crippen LogP contribution >= 0.6 is 46.0 Å². The summed E-state index contributed by atoms with van der Waals surface area (Å²) in [5.74, 6) is -0.433. The third-order valence-corrected chi connectivity index (χ3v) is 5.66. The van der Waals surface area contributed by atoms with Gasteiger partial charge in [0.15, 0.2) is 23.0 Å². The van der Waals surface area contributed by atoms with Crippen LogP contribution in [-0.2, 0) is 15.7 Å². The van der Waals surface area contributed by atoms with Crippen LogP contribution in [0.25, 0.3) is 0 Å². The molecule has 0 aromatic heterocycles. The van der Waals surface area contributed by atoms with E-state index in [1.54, 1.807) is 23.0 Å². The van der Waals surface area contributed by atoms with E-state index in [2.05, 4.69) is 6.92 Å². The molecule has 0 radical (unpaired) electrons. The van der Waals surface area contributed by atoms with E-state index in [9.17, 15) is 9.59 Å². The Hall–Kier alpha value is 0.1000. The Morgan fingerprint density at radius 2 is 2.21 bits per heavy atom. The fraction of sp³-hybridized carbons (Fsp3) is 0.667. The molecule has 0 N–H and O–H groups in total. The number of hydrogen-bond acceptors (Lipinski definition) is 5. The lowest BCUT2D eigenvalue weighted by Gasteiger charge is -2.57. The van der Waals surface area contributed by atoms with Crippen molar-refractivity contribution in [2.75, 3.05) is 6.54 Å². The van der Waals surface area contributed by atoms with Gasteiger partial charge >= 0.3 is 5.97 Å². The highest BCUT2D eigenvalue weighted by Crippen LogP contribution is 2.53. The highest BCUT2D eigenvalue weighted by atomic mass is 127. The summed E-state index contributed by atoms with van der Waals surface area (Å²) < 4.78 is 10.2. The van der Waals surface area contributed by atoms with Crippen molar-refractivity contribution in [2.24, 2.45) is 11.3 Å². The second kappa shape index (κ2) is 5.47. The van der Waals surface area contributed by atoms with Crippen molar-refractivity contribution in [3.05, 3.63) is 11.3 Å². The van der Waals surface area contributed by atoms with E-state index in [0.29, 0.717) is 17.8 Å². The smallest absolute Gasteiger partial charge is 0.364 e. The molecule has 5 nitrogen and oxygen atoms in total. The number of aldehydes is 1. The Labute approximate surface area is 140 Å². The third-order valence-electron chi connectivity index (χ3n) is 4.50. The van der Waals surface area contributed by atoms with Crippen molar-refractivity contribution in [1.82, 2.24) is 4.90 Å². The molecule has 7 heteroatoms. The quantitative estimate of drug-likeness (QED) is 0.447. The highest BCUT2D eigenvalue weighted by Gasteiger charge is 2.61. The molecule has 1 unspecified atom stereocenters. The normalized spacial score (nSPS) is 34.7. The van der Waals surface area contributed by atoms with Gasteiger partial charge in [0.25, 0.3) is 0 Å². The monoisotopic (exact) mass is 491 g/mol. The van der Waals surface area contributed by atoms with Crippen molar-refractivity contribution < 1.29 is 15.7 Å². The van der Waals surface area contributed by atoms with E-state index in [1.165, 1.54) is 0 Å². The Bertz CT molecular complexity index is 453. The zero-order valence-corrected chi connectivity index (χ0v) is 15.2. The fourth-order valence-electron chi connectivity index (χ4n) is 3.32. The molecule has 1 saturated heterocycles. The van der Waals surface area contributed by atoms with E-state index in [4.69, 9.17) is 6.13 Å². The maximum Gasteiger partial charge on any atom is 0.364 e. The van der Waals surface area contributed by atoms with Gasteiger partial charge in [-0.15, -0.1) is 0 Å². The summed E-state index contributed by atoms with van der Waals surface area (Å²) in [6, 6.07) is 0.114. The van der Waals surface area contributed by atoms with Crippen LogP contribution < -0.4 is 0 Å². The van der Waals surface area contributed by atoms with Crippen molar-refractivity contribution in [1.29, 1.82) is 0 Å². The molecule has 0 aromatic carbocycles. The number of hydrogen-bond donors (Lipinski definition) is 0. The number of fused-ring (bicyclic) bond motifs is 1. The molecule has 0 saturated carbocycles. The summed E-state index contributed by atoms with van der Waals surface area (Å²) in [4.78, 5) is 25.1. The van der Waals surface area contributed by atoms with Crippen LogP contribution in [0.4, 0.5) is 0 Å². The van der Waals surface area contributed by atoms with Gasteiger partial charge in [-0.25, -0.2) is 4.79 Å². The second-order valence-electron chi connectivity index (χ2n) is 5.38. The van der Waals surface area contributed by atoms with Crippen LogP contribution in [-0.4, -0.2) is 35.8 Å². The van der Waals surface area contributed by atoms with Crippen molar-refractivity contribution >= 4 is 58.3 Å². The highest BCUT2D eigenvalue weighted by molar-refractivity contribution is 14.1. The minimum Gasteiger partial charge on any atom is -0.390 e. The first-order valence-corrected chi connectivity index (χ1v) is 7.74. The number of carbonyl (C=O) groups is 2. The fourth-order valence-corrected chi connectivity index (χ4v) is 4.11. The molecule has 0 bridgehead atoms. The van der Waals surface area contributed by atoms with Gasteiger partial charge in [-0.05, 0) is 6.92 Å². The molecular formula is C12H15I2NO4.